The first-order valence-corrected chi connectivity index (χ1v) is 12.0. The van der Waals surface area contributed by atoms with Gasteiger partial charge in [-0.15, -0.1) is 0 Å². The quantitative estimate of drug-likeness (QED) is 0.651. The van der Waals surface area contributed by atoms with Crippen molar-refractivity contribution in [2.45, 2.75) is 6.10 Å². The number of carbonyl (C=O) groups excluding carboxylic acids is 2. The fraction of sp³-hybridized carbons (Fsp3) is 0.440. The molecule has 0 radical (unpaired) electrons. The summed E-state index contributed by atoms with van der Waals surface area (Å²) >= 11 is 6.03. The molecule has 2 heterocycles. The maximum absolute atomic E-state index is 13.3. The molecule has 2 aromatic rings. The topological polar surface area (TPSA) is 74.4 Å². The first-order chi connectivity index (χ1) is 16.6. The molecule has 34 heavy (non-hydrogen) atoms. The summed E-state index contributed by atoms with van der Waals surface area (Å²) in [5, 5.41) is 3.45. The van der Waals surface area contributed by atoms with Crippen molar-refractivity contribution in [1.82, 2.24) is 14.7 Å². The van der Waals surface area contributed by atoms with Gasteiger partial charge in [0.15, 0.2) is 0 Å². The second-order valence-corrected chi connectivity index (χ2v) is 8.89. The highest BCUT2D eigenvalue weighted by Gasteiger charge is 2.28. The van der Waals surface area contributed by atoms with Gasteiger partial charge in [-0.25, -0.2) is 4.79 Å². The van der Waals surface area contributed by atoms with Crippen LogP contribution in [0.4, 0.5) is 10.5 Å². The van der Waals surface area contributed by atoms with E-state index >= 15 is 0 Å². The molecule has 9 heteroatoms. The van der Waals surface area contributed by atoms with Crippen molar-refractivity contribution in [3.8, 4) is 0 Å². The second kappa shape index (κ2) is 12.2. The molecule has 0 aromatic heterocycles. The summed E-state index contributed by atoms with van der Waals surface area (Å²) in [6, 6.07) is 16.2. The number of urea groups is 1. The Morgan fingerprint density at radius 2 is 1.82 bits per heavy atom. The van der Waals surface area contributed by atoms with Crippen LogP contribution in [0.3, 0.4) is 0 Å². The Morgan fingerprint density at radius 3 is 2.59 bits per heavy atom. The summed E-state index contributed by atoms with van der Waals surface area (Å²) in [7, 11) is 0. The van der Waals surface area contributed by atoms with Crippen molar-refractivity contribution in [2.75, 3.05) is 71.0 Å². The van der Waals surface area contributed by atoms with Crippen LogP contribution >= 0.6 is 11.6 Å². The van der Waals surface area contributed by atoms with Gasteiger partial charge in [-0.3, -0.25) is 9.69 Å². The number of rotatable bonds is 7. The van der Waals surface area contributed by atoms with Crippen molar-refractivity contribution in [3.05, 3.63) is 65.2 Å². The van der Waals surface area contributed by atoms with Crippen LogP contribution in [0.2, 0.25) is 5.02 Å². The van der Waals surface area contributed by atoms with Gasteiger partial charge in [0.05, 0.1) is 32.5 Å². The van der Waals surface area contributed by atoms with E-state index in [9.17, 15) is 9.59 Å². The number of nitrogens with one attached hydrogen (secondary N) is 1. The van der Waals surface area contributed by atoms with E-state index in [0.717, 1.165) is 32.8 Å². The number of anilines is 1. The minimum Gasteiger partial charge on any atom is -0.379 e. The lowest BCUT2D eigenvalue weighted by molar-refractivity contribution is -0.0282. The van der Waals surface area contributed by atoms with Crippen LogP contribution in [0.15, 0.2) is 54.6 Å². The smallest absolute Gasteiger partial charge is 0.322 e. The number of morpholine rings is 2. The van der Waals surface area contributed by atoms with E-state index in [-0.39, 0.29) is 18.0 Å². The average molecular weight is 487 g/mol. The third-order valence-corrected chi connectivity index (χ3v) is 6.26. The van der Waals surface area contributed by atoms with Gasteiger partial charge >= 0.3 is 6.03 Å². The maximum Gasteiger partial charge on any atom is 0.322 e. The first kappa shape index (κ1) is 24.5. The SMILES string of the molecule is O=C(Nc1cccc(Cl)c1)N1CCO[C@H](CN(CCN2CCOCC2)C(=O)c2ccccc2)C1. The number of hydrogen-bond acceptors (Lipinski definition) is 5. The lowest BCUT2D eigenvalue weighted by Gasteiger charge is -2.36. The molecule has 2 fully saturated rings. The molecule has 2 aliphatic heterocycles. The first-order valence-electron chi connectivity index (χ1n) is 11.7. The number of hydrogen-bond donors (Lipinski definition) is 1. The number of amides is 3. The Bertz CT molecular complexity index is 955. The maximum atomic E-state index is 13.3. The molecule has 4 rings (SSSR count). The van der Waals surface area contributed by atoms with E-state index in [0.29, 0.717) is 49.1 Å². The molecule has 3 amide bonds. The number of ether oxygens (including phenoxy) is 2. The zero-order valence-electron chi connectivity index (χ0n) is 19.2. The predicted molar refractivity (Wildman–Crippen MR) is 131 cm³/mol. The van der Waals surface area contributed by atoms with Gasteiger partial charge in [-0.05, 0) is 30.3 Å². The van der Waals surface area contributed by atoms with Gasteiger partial charge in [0.2, 0.25) is 0 Å². The van der Waals surface area contributed by atoms with E-state index in [1.165, 1.54) is 0 Å². The molecule has 2 saturated heterocycles. The molecule has 0 saturated carbocycles. The molecular weight excluding hydrogens is 456 g/mol. The van der Waals surface area contributed by atoms with Gasteiger partial charge in [0.25, 0.3) is 5.91 Å². The summed E-state index contributed by atoms with van der Waals surface area (Å²) in [5.74, 6) is -0.0297. The Labute approximate surface area is 205 Å². The molecule has 1 atom stereocenters. The molecule has 0 bridgehead atoms. The van der Waals surface area contributed by atoms with Crippen LogP contribution in [0.5, 0.6) is 0 Å². The molecule has 0 unspecified atom stereocenters. The monoisotopic (exact) mass is 486 g/mol. The van der Waals surface area contributed by atoms with Crippen molar-refractivity contribution in [3.63, 3.8) is 0 Å². The number of halogens is 1. The van der Waals surface area contributed by atoms with Crippen LogP contribution < -0.4 is 5.32 Å². The highest BCUT2D eigenvalue weighted by atomic mass is 35.5. The Morgan fingerprint density at radius 1 is 1.03 bits per heavy atom. The molecule has 0 aliphatic carbocycles. The van der Waals surface area contributed by atoms with Gasteiger partial charge in [-0.2, -0.15) is 0 Å². The van der Waals surface area contributed by atoms with Gasteiger partial charge in [0, 0.05) is 55.5 Å². The van der Waals surface area contributed by atoms with E-state index in [2.05, 4.69) is 10.2 Å². The van der Waals surface area contributed by atoms with Gasteiger partial charge in [0.1, 0.15) is 0 Å². The third-order valence-electron chi connectivity index (χ3n) is 6.02. The minimum atomic E-state index is -0.267. The average Bonchev–Trinajstić information content (AvgIpc) is 2.87. The minimum absolute atomic E-state index is 0.0297. The lowest BCUT2D eigenvalue weighted by Crippen LogP contribution is -2.52. The Hall–Kier alpha value is -2.65. The van der Waals surface area contributed by atoms with Crippen molar-refractivity contribution >= 4 is 29.2 Å². The summed E-state index contributed by atoms with van der Waals surface area (Å²) < 4.78 is 11.4. The summed E-state index contributed by atoms with van der Waals surface area (Å²) in [6.07, 6.45) is -0.267. The molecule has 0 spiro atoms. The largest absolute Gasteiger partial charge is 0.379 e. The molecule has 8 nitrogen and oxygen atoms in total. The number of benzene rings is 2. The number of nitrogens with zero attached hydrogens (tertiary/aromatic N) is 3. The fourth-order valence-electron chi connectivity index (χ4n) is 4.15. The summed E-state index contributed by atoms with van der Waals surface area (Å²) in [5.41, 5.74) is 1.29. The summed E-state index contributed by atoms with van der Waals surface area (Å²) in [4.78, 5) is 32.0. The van der Waals surface area contributed by atoms with Crippen LogP contribution in [0.1, 0.15) is 10.4 Å². The van der Waals surface area contributed by atoms with Gasteiger partial charge in [-0.1, -0.05) is 35.9 Å². The molecule has 1 N–H and O–H groups in total. The standard InChI is InChI=1S/C25H31ClN4O4/c26-21-7-4-8-22(17-21)27-25(32)30-13-16-34-23(19-30)18-29(10-9-28-11-14-33-15-12-28)24(31)20-5-2-1-3-6-20/h1-8,17,23H,9-16,18-19H2,(H,27,32)/t23-/m1/s1. The predicted octanol–water partition coefficient (Wildman–Crippen LogP) is 3.05. The Kier molecular flexibility index (Phi) is 8.76. The molecular formula is C25H31ClN4O4. The van der Waals surface area contributed by atoms with Crippen LogP contribution in [-0.2, 0) is 9.47 Å². The van der Waals surface area contributed by atoms with Crippen molar-refractivity contribution in [1.29, 1.82) is 0 Å². The van der Waals surface area contributed by atoms with Crippen LogP contribution in [0.25, 0.3) is 0 Å². The lowest BCUT2D eigenvalue weighted by atomic mass is 10.1. The zero-order valence-corrected chi connectivity index (χ0v) is 20.0. The van der Waals surface area contributed by atoms with Crippen LogP contribution in [-0.4, -0.2) is 98.4 Å². The van der Waals surface area contributed by atoms with E-state index in [1.807, 2.05) is 35.2 Å². The number of carbonyl (C=O) groups is 2. The van der Waals surface area contributed by atoms with E-state index < -0.39 is 0 Å². The van der Waals surface area contributed by atoms with Crippen molar-refractivity contribution in [2.24, 2.45) is 0 Å². The zero-order chi connectivity index (χ0) is 23.8. The van der Waals surface area contributed by atoms with E-state index in [1.54, 1.807) is 29.2 Å². The highest BCUT2D eigenvalue weighted by molar-refractivity contribution is 6.30. The highest BCUT2D eigenvalue weighted by Crippen LogP contribution is 2.17. The molecule has 2 aliphatic rings. The Balaban J connectivity index is 1.38. The van der Waals surface area contributed by atoms with Gasteiger partial charge < -0.3 is 24.6 Å². The molecule has 182 valence electrons. The fourth-order valence-corrected chi connectivity index (χ4v) is 4.35. The normalized spacial score (nSPS) is 19.0. The molecule has 2 aromatic carbocycles. The third kappa shape index (κ3) is 6.93. The van der Waals surface area contributed by atoms with Crippen LogP contribution in [0, 0.1) is 0 Å². The summed E-state index contributed by atoms with van der Waals surface area (Å²) in [6.45, 7) is 6.25. The second-order valence-electron chi connectivity index (χ2n) is 8.45. The van der Waals surface area contributed by atoms with E-state index in [4.69, 9.17) is 21.1 Å². The van der Waals surface area contributed by atoms with Crippen molar-refractivity contribution < 1.29 is 19.1 Å².